The fourth-order valence-corrected chi connectivity index (χ4v) is 3.07. The molecule has 1 saturated heterocycles. The lowest BCUT2D eigenvalue weighted by Gasteiger charge is -2.30. The third-order valence-corrected chi connectivity index (χ3v) is 4.33. The van der Waals surface area contributed by atoms with Gasteiger partial charge in [-0.05, 0) is 57.1 Å². The first-order chi connectivity index (χ1) is 10.6. The molecule has 1 atom stereocenters. The molecule has 0 radical (unpaired) electrons. The maximum Gasteiger partial charge on any atom is 0.149 e. The Kier molecular flexibility index (Phi) is 4.60. The number of aromatic nitrogens is 2. The third kappa shape index (κ3) is 3.57. The summed E-state index contributed by atoms with van der Waals surface area (Å²) in [5, 5.41) is 13.0. The molecule has 0 saturated carbocycles. The normalized spacial score (nSPS) is 19.1. The van der Waals surface area contributed by atoms with Gasteiger partial charge < -0.3 is 10.2 Å². The van der Waals surface area contributed by atoms with E-state index in [0.29, 0.717) is 6.04 Å². The van der Waals surface area contributed by atoms with E-state index in [9.17, 15) is 0 Å². The van der Waals surface area contributed by atoms with E-state index in [0.717, 1.165) is 34.2 Å². The van der Waals surface area contributed by atoms with Crippen molar-refractivity contribution in [1.82, 2.24) is 15.1 Å². The van der Waals surface area contributed by atoms with Crippen molar-refractivity contribution in [1.29, 1.82) is 0 Å². The molecule has 1 aromatic heterocycles. The number of rotatable bonds is 3. The molecule has 1 N–H and O–H groups in total. The van der Waals surface area contributed by atoms with Gasteiger partial charge in [-0.2, -0.15) is 0 Å². The Bertz CT molecular complexity index is 642. The van der Waals surface area contributed by atoms with Gasteiger partial charge in [0.15, 0.2) is 0 Å². The van der Waals surface area contributed by atoms with Gasteiger partial charge in [-0.3, -0.25) is 0 Å². The maximum absolute atomic E-state index is 5.93. The van der Waals surface area contributed by atoms with E-state index in [4.69, 9.17) is 11.6 Å². The number of hydrogen-bond donors (Lipinski definition) is 1. The summed E-state index contributed by atoms with van der Waals surface area (Å²) in [4.78, 5) is 2.35. The fourth-order valence-electron chi connectivity index (χ4n) is 2.94. The second-order valence-corrected chi connectivity index (χ2v) is 6.45. The average Bonchev–Trinajstić information content (AvgIpc) is 2.49. The van der Waals surface area contributed by atoms with Crippen molar-refractivity contribution in [2.24, 2.45) is 0 Å². The second kappa shape index (κ2) is 6.63. The Hall–Kier alpha value is -1.65. The van der Waals surface area contributed by atoms with E-state index in [1.165, 1.54) is 19.4 Å². The maximum atomic E-state index is 5.93. The zero-order valence-corrected chi connectivity index (χ0v) is 13.8. The van der Waals surface area contributed by atoms with Crippen LogP contribution < -0.4 is 5.32 Å². The quantitative estimate of drug-likeness (QED) is 0.939. The Morgan fingerprint density at radius 3 is 2.68 bits per heavy atom. The van der Waals surface area contributed by atoms with Gasteiger partial charge in [0.05, 0.1) is 5.69 Å². The summed E-state index contributed by atoms with van der Waals surface area (Å²) in [5.74, 6) is 0.857. The zero-order valence-electron chi connectivity index (χ0n) is 13.0. The highest BCUT2D eigenvalue weighted by Gasteiger charge is 2.17. The molecule has 2 aromatic rings. The highest BCUT2D eigenvalue weighted by Crippen LogP contribution is 2.24. The summed E-state index contributed by atoms with van der Waals surface area (Å²) in [6, 6.07) is 10.2. The molecule has 116 valence electrons. The van der Waals surface area contributed by atoms with Crippen molar-refractivity contribution in [3.05, 3.63) is 40.9 Å². The van der Waals surface area contributed by atoms with E-state index in [1.54, 1.807) is 0 Å². The molecule has 4 nitrogen and oxygen atoms in total. The van der Waals surface area contributed by atoms with Crippen LogP contribution in [-0.4, -0.2) is 41.3 Å². The number of nitrogens with one attached hydrogen (secondary N) is 1. The molecule has 5 heteroatoms. The first kappa shape index (κ1) is 15.3. The summed E-state index contributed by atoms with van der Waals surface area (Å²) in [6.45, 7) is 4.30. The molecule has 1 aliphatic rings. The van der Waals surface area contributed by atoms with Crippen LogP contribution in [0.15, 0.2) is 30.3 Å². The second-order valence-electron chi connectivity index (χ2n) is 6.01. The van der Waals surface area contributed by atoms with Crippen LogP contribution in [0.2, 0.25) is 5.02 Å². The van der Waals surface area contributed by atoms with E-state index < -0.39 is 0 Å². The predicted octanol–water partition coefficient (Wildman–Crippen LogP) is 3.61. The molecule has 0 aliphatic carbocycles. The van der Waals surface area contributed by atoms with Gasteiger partial charge in [0.2, 0.25) is 0 Å². The standard InChI is InChI=1S/C17H21ClN4/c1-12-10-16(19-15-4-3-9-22(2)11-15)20-21-17(12)13-5-7-14(18)8-6-13/h5-8,10,15H,3-4,9,11H2,1-2H3,(H,19,20)/t15-/m1/s1. The van der Waals surface area contributed by atoms with Crippen LogP contribution in [0.1, 0.15) is 18.4 Å². The number of aryl methyl sites for hydroxylation is 1. The molecule has 3 rings (SSSR count). The van der Waals surface area contributed by atoms with Crippen LogP contribution >= 0.6 is 11.6 Å². The Labute approximate surface area is 136 Å². The van der Waals surface area contributed by atoms with Crippen molar-refractivity contribution < 1.29 is 0 Å². The van der Waals surface area contributed by atoms with Crippen LogP contribution in [0.25, 0.3) is 11.3 Å². The van der Waals surface area contributed by atoms with Crippen LogP contribution in [0.3, 0.4) is 0 Å². The van der Waals surface area contributed by atoms with Crippen molar-refractivity contribution in [3.63, 3.8) is 0 Å². The summed E-state index contributed by atoms with van der Waals surface area (Å²) >= 11 is 5.93. The summed E-state index contributed by atoms with van der Waals surface area (Å²) in [7, 11) is 2.16. The first-order valence-corrected chi connectivity index (χ1v) is 8.05. The predicted molar refractivity (Wildman–Crippen MR) is 91.4 cm³/mol. The van der Waals surface area contributed by atoms with E-state index in [-0.39, 0.29) is 0 Å². The lowest BCUT2D eigenvalue weighted by molar-refractivity contribution is 0.260. The molecular formula is C17H21ClN4. The number of hydrogen-bond acceptors (Lipinski definition) is 4. The minimum absolute atomic E-state index is 0.453. The van der Waals surface area contributed by atoms with Crippen LogP contribution in [0.5, 0.6) is 0 Å². The fraction of sp³-hybridized carbons (Fsp3) is 0.412. The number of likely N-dealkylation sites (tertiary alicyclic amines) is 1. The molecule has 1 fully saturated rings. The van der Waals surface area contributed by atoms with E-state index in [1.807, 2.05) is 24.3 Å². The summed E-state index contributed by atoms with van der Waals surface area (Å²) in [5.41, 5.74) is 3.06. The molecule has 2 heterocycles. The molecule has 0 amide bonds. The number of benzene rings is 1. The Morgan fingerprint density at radius 1 is 1.23 bits per heavy atom. The average molecular weight is 317 g/mol. The largest absolute Gasteiger partial charge is 0.365 e. The van der Waals surface area contributed by atoms with Crippen LogP contribution in [0.4, 0.5) is 5.82 Å². The number of nitrogens with zero attached hydrogens (tertiary/aromatic N) is 3. The van der Waals surface area contributed by atoms with Gasteiger partial charge in [0, 0.05) is 23.2 Å². The topological polar surface area (TPSA) is 41.0 Å². The molecular weight excluding hydrogens is 296 g/mol. The van der Waals surface area contributed by atoms with Gasteiger partial charge >= 0.3 is 0 Å². The lowest BCUT2D eigenvalue weighted by atomic mass is 10.1. The molecule has 0 unspecified atom stereocenters. The van der Waals surface area contributed by atoms with Crippen molar-refractivity contribution in [2.45, 2.75) is 25.8 Å². The van der Waals surface area contributed by atoms with Crippen LogP contribution in [0, 0.1) is 6.92 Å². The van der Waals surface area contributed by atoms with E-state index in [2.05, 4.69) is 40.5 Å². The SMILES string of the molecule is Cc1cc(N[C@@H]2CCCN(C)C2)nnc1-c1ccc(Cl)cc1. The van der Waals surface area contributed by atoms with Crippen molar-refractivity contribution in [2.75, 3.05) is 25.5 Å². The molecule has 0 spiro atoms. The van der Waals surface area contributed by atoms with Gasteiger partial charge in [-0.25, -0.2) is 0 Å². The minimum atomic E-state index is 0.453. The highest BCUT2D eigenvalue weighted by molar-refractivity contribution is 6.30. The highest BCUT2D eigenvalue weighted by atomic mass is 35.5. The number of piperidine rings is 1. The lowest BCUT2D eigenvalue weighted by Crippen LogP contribution is -2.39. The van der Waals surface area contributed by atoms with Crippen molar-refractivity contribution in [3.8, 4) is 11.3 Å². The van der Waals surface area contributed by atoms with Crippen LogP contribution in [-0.2, 0) is 0 Å². The van der Waals surface area contributed by atoms with Gasteiger partial charge in [0.25, 0.3) is 0 Å². The van der Waals surface area contributed by atoms with Gasteiger partial charge in [-0.1, -0.05) is 23.7 Å². The molecule has 1 aliphatic heterocycles. The number of anilines is 1. The Balaban J connectivity index is 1.75. The third-order valence-electron chi connectivity index (χ3n) is 4.08. The van der Waals surface area contributed by atoms with Gasteiger partial charge in [0.1, 0.15) is 5.82 Å². The zero-order chi connectivity index (χ0) is 15.5. The van der Waals surface area contributed by atoms with Crippen molar-refractivity contribution >= 4 is 17.4 Å². The minimum Gasteiger partial charge on any atom is -0.365 e. The molecule has 0 bridgehead atoms. The van der Waals surface area contributed by atoms with Gasteiger partial charge in [-0.15, -0.1) is 10.2 Å². The van der Waals surface area contributed by atoms with E-state index >= 15 is 0 Å². The summed E-state index contributed by atoms with van der Waals surface area (Å²) < 4.78 is 0. The first-order valence-electron chi connectivity index (χ1n) is 7.67. The summed E-state index contributed by atoms with van der Waals surface area (Å²) in [6.07, 6.45) is 2.41. The monoisotopic (exact) mass is 316 g/mol. The number of halogens is 1. The Morgan fingerprint density at radius 2 is 2.00 bits per heavy atom. The number of likely N-dealkylation sites (N-methyl/N-ethyl adjacent to an activating group) is 1. The smallest absolute Gasteiger partial charge is 0.149 e. The molecule has 22 heavy (non-hydrogen) atoms. The molecule has 1 aromatic carbocycles.